The summed E-state index contributed by atoms with van der Waals surface area (Å²) >= 11 is 0. The minimum absolute atomic E-state index is 0.187. The maximum atomic E-state index is 9.88. The first kappa shape index (κ1) is 19.5. The van der Waals surface area contributed by atoms with E-state index in [1.165, 1.54) is 5.71 Å². The van der Waals surface area contributed by atoms with Crippen LogP contribution in [0.5, 0.6) is 11.5 Å². The van der Waals surface area contributed by atoms with Crippen molar-refractivity contribution in [2.75, 3.05) is 14.1 Å². The highest BCUT2D eigenvalue weighted by Gasteiger charge is 2.18. The fourth-order valence-corrected chi connectivity index (χ4v) is 3.29. The van der Waals surface area contributed by atoms with Crippen LogP contribution in [0.1, 0.15) is 11.1 Å². The highest BCUT2D eigenvalue weighted by molar-refractivity contribution is 6.02. The second-order valence-electron chi connectivity index (χ2n) is 7.32. The zero-order valence-corrected chi connectivity index (χ0v) is 17.1. The van der Waals surface area contributed by atoms with Gasteiger partial charge in [0.05, 0.1) is 0 Å². The number of benzene rings is 2. The van der Waals surface area contributed by atoms with Gasteiger partial charge in [-0.2, -0.15) is 0 Å². The molecule has 0 saturated carbocycles. The first-order chi connectivity index (χ1) is 14.6. The Morgan fingerprint density at radius 1 is 0.867 bits per heavy atom. The molecule has 0 radical (unpaired) electrons. The molecule has 4 rings (SSSR count). The van der Waals surface area contributed by atoms with Crippen molar-refractivity contribution in [2.24, 2.45) is 0 Å². The summed E-state index contributed by atoms with van der Waals surface area (Å²) in [6.07, 6.45) is 18.6. The zero-order chi connectivity index (χ0) is 20.9. The van der Waals surface area contributed by atoms with Crippen molar-refractivity contribution >= 4 is 17.0 Å². The molecule has 0 saturated heterocycles. The van der Waals surface area contributed by atoms with Crippen LogP contribution in [0.15, 0.2) is 109 Å². The number of allylic oxidation sites excluding steroid dienone is 11. The Bertz CT molecular complexity index is 1150. The van der Waals surface area contributed by atoms with Gasteiger partial charge in [-0.3, -0.25) is 0 Å². The van der Waals surface area contributed by atoms with Crippen LogP contribution in [0, 0.1) is 0 Å². The lowest BCUT2D eigenvalue weighted by Crippen LogP contribution is -2.09. The summed E-state index contributed by atoms with van der Waals surface area (Å²) < 4.78 is 8.14. The van der Waals surface area contributed by atoms with E-state index in [4.69, 9.17) is 4.74 Å². The molecular weight excluding hydrogens is 370 g/mol. The summed E-state index contributed by atoms with van der Waals surface area (Å²) in [6, 6.07) is 15.2. The smallest absolute Gasteiger partial charge is 0.199 e. The van der Waals surface area contributed by atoms with E-state index in [2.05, 4.69) is 41.0 Å². The molecular formula is C27H24NO2+. The van der Waals surface area contributed by atoms with E-state index in [9.17, 15) is 5.11 Å². The first-order valence-electron chi connectivity index (χ1n) is 9.87. The maximum Gasteiger partial charge on any atom is 0.199 e. The second-order valence-corrected chi connectivity index (χ2v) is 7.32. The summed E-state index contributed by atoms with van der Waals surface area (Å²) in [5.74, 6) is 1.60. The number of rotatable bonds is 3. The van der Waals surface area contributed by atoms with Gasteiger partial charge in [-0.25, -0.2) is 4.58 Å². The van der Waals surface area contributed by atoms with Gasteiger partial charge in [0.1, 0.15) is 31.4 Å². The number of fused-ring (bicyclic) bond motifs is 1. The standard InChI is InChI=1S/C27H23NO2/c1-28(2)23-14-12-20(13-15-23)8-6-7-11-22-18-26(21-9-4-3-5-10-21)30-27-19-24(29)16-17-25(22)27/h3-19H,1-2H3/p+1. The molecule has 0 spiro atoms. The number of ether oxygens (including phenoxy) is 1. The highest BCUT2D eigenvalue weighted by atomic mass is 16.5. The Balaban J connectivity index is 1.62. The highest BCUT2D eigenvalue weighted by Crippen LogP contribution is 2.38. The molecule has 1 heterocycles. The minimum Gasteiger partial charge on any atom is -0.508 e. The van der Waals surface area contributed by atoms with Crippen molar-refractivity contribution in [2.45, 2.75) is 0 Å². The summed E-state index contributed by atoms with van der Waals surface area (Å²) in [5.41, 5.74) is 5.30. The molecule has 2 aliphatic rings. The van der Waals surface area contributed by atoms with E-state index in [0.717, 1.165) is 28.0 Å². The van der Waals surface area contributed by atoms with Crippen LogP contribution in [0.4, 0.5) is 0 Å². The van der Waals surface area contributed by atoms with Gasteiger partial charge in [0, 0.05) is 29.3 Å². The molecule has 0 atom stereocenters. The van der Waals surface area contributed by atoms with E-state index >= 15 is 0 Å². The van der Waals surface area contributed by atoms with Crippen LogP contribution in [0.25, 0.3) is 11.3 Å². The quantitative estimate of drug-likeness (QED) is 0.694. The van der Waals surface area contributed by atoms with Crippen LogP contribution in [0.2, 0.25) is 0 Å². The Morgan fingerprint density at radius 2 is 1.60 bits per heavy atom. The van der Waals surface area contributed by atoms with E-state index in [-0.39, 0.29) is 5.75 Å². The summed E-state index contributed by atoms with van der Waals surface area (Å²) in [7, 11) is 4.07. The third kappa shape index (κ3) is 4.41. The van der Waals surface area contributed by atoms with Gasteiger partial charge in [-0.15, -0.1) is 0 Å². The topological polar surface area (TPSA) is 32.5 Å². The average molecular weight is 394 g/mol. The second kappa shape index (κ2) is 8.66. The first-order valence-corrected chi connectivity index (χ1v) is 9.87. The van der Waals surface area contributed by atoms with Crippen LogP contribution in [0.3, 0.4) is 0 Å². The molecule has 3 heteroatoms. The lowest BCUT2D eigenvalue weighted by Gasteiger charge is -2.20. The van der Waals surface area contributed by atoms with Crippen LogP contribution < -0.4 is 4.74 Å². The van der Waals surface area contributed by atoms with Crippen molar-refractivity contribution in [3.8, 4) is 11.5 Å². The molecule has 3 nitrogen and oxygen atoms in total. The zero-order valence-electron chi connectivity index (χ0n) is 17.1. The third-order valence-electron chi connectivity index (χ3n) is 4.93. The largest absolute Gasteiger partial charge is 0.508 e. The molecule has 148 valence electrons. The van der Waals surface area contributed by atoms with Gasteiger partial charge in [-0.1, -0.05) is 54.6 Å². The normalized spacial score (nSPS) is 16.5. The molecule has 1 aliphatic carbocycles. The predicted molar refractivity (Wildman–Crippen MR) is 124 cm³/mol. The van der Waals surface area contributed by atoms with Gasteiger partial charge in [-0.05, 0) is 41.5 Å². The lowest BCUT2D eigenvalue weighted by molar-refractivity contribution is -0.462. The van der Waals surface area contributed by atoms with Crippen molar-refractivity contribution < 1.29 is 14.4 Å². The van der Waals surface area contributed by atoms with E-state index < -0.39 is 0 Å². The molecule has 2 aromatic rings. The molecule has 0 bridgehead atoms. The molecule has 0 fully saturated rings. The maximum absolute atomic E-state index is 9.88. The number of phenols is 1. The van der Waals surface area contributed by atoms with Crippen LogP contribution in [-0.2, 0) is 0 Å². The van der Waals surface area contributed by atoms with E-state index in [0.29, 0.717) is 5.75 Å². The van der Waals surface area contributed by atoms with Gasteiger partial charge in [0.25, 0.3) is 0 Å². The summed E-state index contributed by atoms with van der Waals surface area (Å²) in [5, 5.41) is 9.88. The lowest BCUT2D eigenvalue weighted by atomic mass is 9.99. The van der Waals surface area contributed by atoms with Crippen molar-refractivity contribution in [1.82, 2.24) is 0 Å². The van der Waals surface area contributed by atoms with Gasteiger partial charge in [0.15, 0.2) is 5.71 Å². The molecule has 0 amide bonds. The Hall–Kier alpha value is -3.85. The van der Waals surface area contributed by atoms with Crippen LogP contribution >= 0.6 is 0 Å². The van der Waals surface area contributed by atoms with E-state index in [1.54, 1.807) is 12.1 Å². The van der Waals surface area contributed by atoms with Gasteiger partial charge < -0.3 is 9.84 Å². The number of aromatic hydroxyl groups is 1. The molecule has 1 N–H and O–H groups in total. The minimum atomic E-state index is 0.187. The predicted octanol–water partition coefficient (Wildman–Crippen LogP) is 5.53. The Labute approximate surface area is 177 Å². The van der Waals surface area contributed by atoms with Gasteiger partial charge in [0.2, 0.25) is 0 Å². The SMILES string of the molecule is C[N+](C)=C1C=CC(=CC=CC=C2C=C(c3ccccc3)Oc3cc(O)ccc32)C=C1. The number of hydrogen-bond donors (Lipinski definition) is 1. The molecule has 2 aromatic carbocycles. The average Bonchev–Trinajstić information content (AvgIpc) is 2.77. The third-order valence-corrected chi connectivity index (χ3v) is 4.93. The van der Waals surface area contributed by atoms with Crippen molar-refractivity contribution in [1.29, 1.82) is 0 Å². The molecule has 0 unspecified atom stereocenters. The summed E-state index contributed by atoms with van der Waals surface area (Å²) in [6.45, 7) is 0. The molecule has 1 aliphatic heterocycles. The fraction of sp³-hybridized carbons (Fsp3) is 0.0741. The number of nitrogens with zero attached hydrogens (tertiary/aromatic N) is 1. The number of phenolic OH excluding ortho intramolecular Hbond substituents is 1. The Kier molecular flexibility index (Phi) is 5.62. The van der Waals surface area contributed by atoms with Crippen LogP contribution in [-0.4, -0.2) is 29.5 Å². The van der Waals surface area contributed by atoms with E-state index in [1.807, 2.05) is 68.7 Å². The Morgan fingerprint density at radius 3 is 2.33 bits per heavy atom. The van der Waals surface area contributed by atoms with Crippen molar-refractivity contribution in [3.05, 3.63) is 120 Å². The fourth-order valence-electron chi connectivity index (χ4n) is 3.29. The van der Waals surface area contributed by atoms with Crippen molar-refractivity contribution in [3.63, 3.8) is 0 Å². The summed E-state index contributed by atoms with van der Waals surface area (Å²) in [4.78, 5) is 0. The number of hydrogen-bond acceptors (Lipinski definition) is 2. The monoisotopic (exact) mass is 394 g/mol. The molecule has 0 aromatic heterocycles. The molecule has 30 heavy (non-hydrogen) atoms. The van der Waals surface area contributed by atoms with Gasteiger partial charge >= 0.3 is 0 Å².